The highest BCUT2D eigenvalue weighted by atomic mass is 16.2. The minimum Gasteiger partial charge on any atom is -0.362 e. The number of carbonyl (C=O) groups is 2. The summed E-state index contributed by atoms with van der Waals surface area (Å²) in [4.78, 5) is 25.8. The average Bonchev–Trinajstić information content (AvgIpc) is 2.70. The summed E-state index contributed by atoms with van der Waals surface area (Å²) in [6, 6.07) is 8.08. The lowest BCUT2D eigenvalue weighted by molar-refractivity contribution is -0.133. The van der Waals surface area contributed by atoms with E-state index >= 15 is 0 Å². The highest BCUT2D eigenvalue weighted by Crippen LogP contribution is 2.51. The van der Waals surface area contributed by atoms with E-state index in [-0.39, 0.29) is 23.4 Å². The minimum absolute atomic E-state index is 0.0129. The van der Waals surface area contributed by atoms with E-state index in [1.807, 2.05) is 24.3 Å². The van der Waals surface area contributed by atoms with E-state index in [9.17, 15) is 9.59 Å². The quantitative estimate of drug-likeness (QED) is 0.732. The van der Waals surface area contributed by atoms with Gasteiger partial charge in [0.05, 0.1) is 5.56 Å². The van der Waals surface area contributed by atoms with Crippen LogP contribution in [0.5, 0.6) is 0 Å². The summed E-state index contributed by atoms with van der Waals surface area (Å²) in [7, 11) is 0. The first-order chi connectivity index (χ1) is 13.6. The lowest BCUT2D eigenvalue weighted by Crippen LogP contribution is -2.68. The summed E-state index contributed by atoms with van der Waals surface area (Å²) in [5.41, 5.74) is 1.26. The van der Waals surface area contributed by atoms with Crippen LogP contribution in [0.15, 0.2) is 24.3 Å². The van der Waals surface area contributed by atoms with Crippen molar-refractivity contribution in [1.82, 2.24) is 10.6 Å². The Morgan fingerprint density at radius 1 is 1.11 bits per heavy atom. The molecule has 0 radical (unpaired) electrons. The van der Waals surface area contributed by atoms with Crippen LogP contribution in [-0.4, -0.2) is 23.5 Å². The Balaban J connectivity index is 1.32. The van der Waals surface area contributed by atoms with Gasteiger partial charge in [0.25, 0.3) is 5.91 Å². The van der Waals surface area contributed by atoms with Gasteiger partial charge in [-0.25, -0.2) is 0 Å². The molecule has 5 aliphatic rings. The Morgan fingerprint density at radius 3 is 2.71 bits per heavy atom. The zero-order valence-electron chi connectivity index (χ0n) is 16.7. The lowest BCUT2D eigenvalue weighted by Gasteiger charge is -2.56. The van der Waals surface area contributed by atoms with Crippen LogP contribution in [0.2, 0.25) is 0 Å². The fourth-order valence-corrected chi connectivity index (χ4v) is 6.28. The number of nitrogens with one attached hydrogen (secondary N) is 3. The zero-order chi connectivity index (χ0) is 19.3. The maximum absolute atomic E-state index is 13.1. The Bertz CT molecular complexity index is 794. The topological polar surface area (TPSA) is 70.2 Å². The fraction of sp³-hybridized carbons (Fsp3) is 0.652. The highest BCUT2D eigenvalue weighted by molar-refractivity contribution is 6.02. The number of benzene rings is 1. The van der Waals surface area contributed by atoms with E-state index in [1.54, 1.807) is 0 Å². The van der Waals surface area contributed by atoms with Crippen LogP contribution < -0.4 is 16.0 Å². The number of hydrogen-bond donors (Lipinski definition) is 3. The van der Waals surface area contributed by atoms with Crippen LogP contribution in [0.4, 0.5) is 5.69 Å². The summed E-state index contributed by atoms with van der Waals surface area (Å²) in [5, 5.41) is 10.3. The molecular formula is C23H31N3O2. The van der Waals surface area contributed by atoms with E-state index in [0.29, 0.717) is 23.8 Å². The van der Waals surface area contributed by atoms with Crippen molar-refractivity contribution in [2.24, 2.45) is 23.7 Å². The summed E-state index contributed by atoms with van der Waals surface area (Å²) in [6.45, 7) is 2.27. The van der Waals surface area contributed by atoms with Gasteiger partial charge in [-0.2, -0.15) is 0 Å². The molecule has 3 N–H and O–H groups in total. The van der Waals surface area contributed by atoms with E-state index in [1.165, 1.54) is 19.3 Å². The first-order valence-electron chi connectivity index (χ1n) is 11.1. The SMILES string of the molecule is C[C@@H]1CCCC[C@@H]1NC(=O)[C@@H]1C[C@@H]2CC[C@@H]1C[C@@]21NC(=O)c2ccccc2N1. The zero-order valence-corrected chi connectivity index (χ0v) is 16.7. The van der Waals surface area contributed by atoms with Crippen LogP contribution in [0.3, 0.4) is 0 Å². The molecule has 4 saturated carbocycles. The summed E-state index contributed by atoms with van der Waals surface area (Å²) >= 11 is 0. The number of rotatable bonds is 2. The summed E-state index contributed by atoms with van der Waals surface area (Å²) < 4.78 is 0. The monoisotopic (exact) mass is 381 g/mol. The molecule has 2 bridgehead atoms. The van der Waals surface area contributed by atoms with Crippen LogP contribution in [0.1, 0.15) is 68.6 Å². The van der Waals surface area contributed by atoms with Crippen LogP contribution in [-0.2, 0) is 4.79 Å². The van der Waals surface area contributed by atoms with Gasteiger partial charge in [0.1, 0.15) is 5.66 Å². The van der Waals surface area contributed by atoms with Crippen LogP contribution >= 0.6 is 0 Å². The third kappa shape index (κ3) is 2.90. The maximum Gasteiger partial charge on any atom is 0.255 e. The molecule has 1 heterocycles. The largest absolute Gasteiger partial charge is 0.362 e. The summed E-state index contributed by atoms with van der Waals surface area (Å²) in [5.74, 6) is 1.58. The molecule has 0 saturated heterocycles. The van der Waals surface area contributed by atoms with Gasteiger partial charge in [0.15, 0.2) is 0 Å². The van der Waals surface area contributed by atoms with Crippen LogP contribution in [0.25, 0.3) is 0 Å². The predicted molar refractivity (Wildman–Crippen MR) is 109 cm³/mol. The van der Waals surface area contributed by atoms with E-state index in [4.69, 9.17) is 0 Å². The summed E-state index contributed by atoms with van der Waals surface area (Å²) in [6.07, 6.45) is 8.73. The van der Waals surface area contributed by atoms with E-state index in [2.05, 4.69) is 22.9 Å². The smallest absolute Gasteiger partial charge is 0.255 e. The van der Waals surface area contributed by atoms with Crippen molar-refractivity contribution in [1.29, 1.82) is 0 Å². The molecule has 4 aliphatic carbocycles. The first kappa shape index (κ1) is 18.0. The van der Waals surface area contributed by atoms with Crippen molar-refractivity contribution in [2.45, 2.75) is 70.0 Å². The second kappa shape index (κ2) is 6.78. The fourth-order valence-electron chi connectivity index (χ4n) is 6.28. The van der Waals surface area contributed by atoms with Gasteiger partial charge in [-0.3, -0.25) is 9.59 Å². The van der Waals surface area contributed by atoms with Gasteiger partial charge in [0.2, 0.25) is 5.91 Å². The van der Waals surface area contributed by atoms with Crippen molar-refractivity contribution < 1.29 is 9.59 Å². The molecule has 1 aromatic rings. The molecule has 150 valence electrons. The molecule has 2 amide bonds. The minimum atomic E-state index is -0.386. The number of anilines is 1. The van der Waals surface area contributed by atoms with Gasteiger partial charge in [-0.15, -0.1) is 0 Å². The van der Waals surface area contributed by atoms with E-state index < -0.39 is 0 Å². The molecule has 1 aliphatic heterocycles. The van der Waals surface area contributed by atoms with E-state index in [0.717, 1.165) is 43.4 Å². The van der Waals surface area contributed by atoms with Crippen molar-refractivity contribution in [3.8, 4) is 0 Å². The number of amides is 2. The molecule has 5 nitrogen and oxygen atoms in total. The maximum atomic E-state index is 13.1. The van der Waals surface area contributed by atoms with Gasteiger partial charge >= 0.3 is 0 Å². The molecule has 6 rings (SSSR count). The molecular weight excluding hydrogens is 350 g/mol. The molecule has 5 heteroatoms. The van der Waals surface area contributed by atoms with Gasteiger partial charge in [0, 0.05) is 23.6 Å². The van der Waals surface area contributed by atoms with Crippen LogP contribution in [0, 0.1) is 23.7 Å². The Labute approximate surface area is 167 Å². The molecule has 1 aromatic carbocycles. The van der Waals surface area contributed by atoms with Crippen molar-refractivity contribution >= 4 is 17.5 Å². The average molecular weight is 382 g/mol. The Kier molecular flexibility index (Phi) is 4.37. The second-order valence-electron chi connectivity index (χ2n) is 9.55. The normalized spacial score (nSPS) is 39.0. The van der Waals surface area contributed by atoms with Crippen molar-refractivity contribution in [2.75, 3.05) is 5.32 Å². The number of para-hydroxylation sites is 1. The third-order valence-corrected chi connectivity index (χ3v) is 7.92. The lowest BCUT2D eigenvalue weighted by atomic mass is 9.58. The third-order valence-electron chi connectivity index (χ3n) is 7.92. The molecule has 6 atom stereocenters. The standard InChI is InChI=1S/C23H31N3O2/c1-14-6-2-4-8-19(14)24-21(27)18-12-16-11-10-15(18)13-23(16)25-20-9-5-3-7-17(20)22(28)26-23/h3,5,7,9,14-16,18-19,25H,2,4,6,8,10-13H2,1H3,(H,24,27)(H,26,28)/t14-,15-,16+,18-,19+,23-/m1/s1. The van der Waals surface area contributed by atoms with Gasteiger partial charge in [-0.05, 0) is 62.5 Å². The van der Waals surface area contributed by atoms with Crippen molar-refractivity contribution in [3.63, 3.8) is 0 Å². The molecule has 0 aromatic heterocycles. The number of hydrogen-bond acceptors (Lipinski definition) is 3. The Hall–Kier alpha value is -2.04. The van der Waals surface area contributed by atoms with Gasteiger partial charge in [-0.1, -0.05) is 31.9 Å². The van der Waals surface area contributed by atoms with Gasteiger partial charge < -0.3 is 16.0 Å². The molecule has 0 unspecified atom stereocenters. The van der Waals surface area contributed by atoms with Crippen molar-refractivity contribution in [3.05, 3.63) is 29.8 Å². The molecule has 4 fully saturated rings. The Morgan fingerprint density at radius 2 is 1.93 bits per heavy atom. The number of fused-ring (bicyclic) bond motifs is 3. The predicted octanol–water partition coefficient (Wildman–Crippen LogP) is 3.67. The second-order valence-corrected chi connectivity index (χ2v) is 9.55. The number of carbonyl (C=O) groups excluding carboxylic acids is 2. The highest BCUT2D eigenvalue weighted by Gasteiger charge is 2.55. The molecule has 1 spiro atoms. The first-order valence-corrected chi connectivity index (χ1v) is 11.1. The molecule has 28 heavy (non-hydrogen) atoms.